The van der Waals surface area contributed by atoms with E-state index in [1.807, 2.05) is 24.3 Å². The molecule has 0 spiro atoms. The number of nitrogens with zero attached hydrogens (tertiary/aromatic N) is 1. The maximum atomic E-state index is 13.3. The number of halogens is 2. The number of rotatable bonds is 6. The fraction of sp³-hybridized carbons (Fsp3) is 0.278. The molecule has 2 aromatic carbocycles. The van der Waals surface area contributed by atoms with Crippen molar-refractivity contribution < 1.29 is 23.1 Å². The van der Waals surface area contributed by atoms with E-state index in [4.69, 9.17) is 33.0 Å². The normalized spacial score (nSPS) is 17.5. The summed E-state index contributed by atoms with van der Waals surface area (Å²) in [5, 5.41) is 9.15. The molecule has 27 heavy (non-hydrogen) atoms. The number of fused-ring (bicyclic) bond motifs is 1. The summed E-state index contributed by atoms with van der Waals surface area (Å²) in [6.45, 7) is -0.378. The molecule has 1 aliphatic rings. The van der Waals surface area contributed by atoms with E-state index >= 15 is 0 Å². The van der Waals surface area contributed by atoms with Crippen LogP contribution in [0.4, 0.5) is 0 Å². The van der Waals surface area contributed by atoms with Crippen LogP contribution in [0.25, 0.3) is 0 Å². The molecule has 1 atom stereocenters. The van der Waals surface area contributed by atoms with Crippen molar-refractivity contribution in [3.8, 4) is 0 Å². The Hall–Kier alpha value is -1.64. The highest BCUT2D eigenvalue weighted by molar-refractivity contribution is 7.89. The van der Waals surface area contributed by atoms with Crippen molar-refractivity contribution in [3.05, 3.63) is 63.6 Å². The largest absolute Gasteiger partial charge is 0.480 e. The molecule has 144 valence electrons. The van der Waals surface area contributed by atoms with Gasteiger partial charge in [0.05, 0.1) is 17.7 Å². The maximum Gasteiger partial charge on any atom is 0.329 e. The molecule has 1 heterocycles. The predicted molar refractivity (Wildman–Crippen MR) is 102 cm³/mol. The van der Waals surface area contributed by atoms with Crippen LogP contribution in [0.2, 0.25) is 10.0 Å². The Labute approximate surface area is 167 Å². The predicted octanol–water partition coefficient (Wildman–Crippen LogP) is 3.21. The van der Waals surface area contributed by atoms with E-state index in [0.29, 0.717) is 11.4 Å². The molecule has 1 aliphatic heterocycles. The van der Waals surface area contributed by atoms with Crippen LogP contribution in [0.5, 0.6) is 0 Å². The van der Waals surface area contributed by atoms with Crippen molar-refractivity contribution in [2.24, 2.45) is 0 Å². The first kappa shape index (κ1) is 20.1. The number of hydrogen-bond acceptors (Lipinski definition) is 4. The smallest absolute Gasteiger partial charge is 0.329 e. The molecule has 0 saturated heterocycles. The molecule has 1 N–H and O–H groups in total. The van der Waals surface area contributed by atoms with Crippen LogP contribution >= 0.6 is 23.2 Å². The lowest BCUT2D eigenvalue weighted by molar-refractivity contribution is -0.142. The summed E-state index contributed by atoms with van der Waals surface area (Å²) in [6.07, 6.45) is 0.417. The summed E-state index contributed by atoms with van der Waals surface area (Å²) in [5.41, 5.74) is 1.90. The van der Waals surface area contributed by atoms with Gasteiger partial charge < -0.3 is 9.84 Å². The zero-order chi connectivity index (χ0) is 19.6. The van der Waals surface area contributed by atoms with Crippen LogP contribution in [-0.4, -0.2) is 43.1 Å². The van der Waals surface area contributed by atoms with Gasteiger partial charge in [0.15, 0.2) is 0 Å². The summed E-state index contributed by atoms with van der Waals surface area (Å²) in [5.74, 6) is -1.11. The summed E-state index contributed by atoms with van der Waals surface area (Å²) in [6, 6.07) is 11.2. The van der Waals surface area contributed by atoms with Gasteiger partial charge in [-0.2, -0.15) is 4.31 Å². The van der Waals surface area contributed by atoms with Crippen LogP contribution < -0.4 is 0 Å². The Morgan fingerprint density at radius 1 is 1.19 bits per heavy atom. The lowest BCUT2D eigenvalue weighted by Gasteiger charge is -2.35. The van der Waals surface area contributed by atoms with Crippen LogP contribution in [0.15, 0.2) is 47.4 Å². The number of aliphatic carboxylic acids is 1. The van der Waals surface area contributed by atoms with Crippen molar-refractivity contribution >= 4 is 39.2 Å². The third-order valence-corrected chi connectivity index (χ3v) is 6.94. The lowest BCUT2D eigenvalue weighted by atomic mass is 9.96. The SMILES string of the molecule is O=C(O)COC[C@@H]1Cc2ccccc2CN1S(=O)(=O)c1ccc(Cl)cc1Cl. The van der Waals surface area contributed by atoms with E-state index in [9.17, 15) is 13.2 Å². The highest BCUT2D eigenvalue weighted by Crippen LogP contribution is 2.33. The van der Waals surface area contributed by atoms with E-state index in [1.54, 1.807) is 0 Å². The van der Waals surface area contributed by atoms with Gasteiger partial charge in [-0.1, -0.05) is 47.5 Å². The topological polar surface area (TPSA) is 83.9 Å². The second-order valence-electron chi connectivity index (χ2n) is 6.16. The van der Waals surface area contributed by atoms with Gasteiger partial charge in [0.25, 0.3) is 0 Å². The number of carboxylic acids is 1. The van der Waals surface area contributed by atoms with Crippen LogP contribution in [0, 0.1) is 0 Å². The van der Waals surface area contributed by atoms with Gasteiger partial charge in [-0.15, -0.1) is 0 Å². The number of carboxylic acid groups (broad SMARTS) is 1. The van der Waals surface area contributed by atoms with E-state index in [1.165, 1.54) is 22.5 Å². The van der Waals surface area contributed by atoms with E-state index in [-0.39, 0.29) is 23.1 Å². The monoisotopic (exact) mass is 429 g/mol. The van der Waals surface area contributed by atoms with Gasteiger partial charge in [0.1, 0.15) is 11.5 Å². The number of ether oxygens (including phenoxy) is 1. The first-order valence-electron chi connectivity index (χ1n) is 8.12. The molecule has 2 aromatic rings. The molecule has 0 aliphatic carbocycles. The number of carbonyl (C=O) groups is 1. The molecule has 6 nitrogen and oxygen atoms in total. The Morgan fingerprint density at radius 3 is 2.56 bits per heavy atom. The molecule has 0 amide bonds. The van der Waals surface area contributed by atoms with Gasteiger partial charge in [0, 0.05) is 11.6 Å². The molecule has 3 rings (SSSR count). The zero-order valence-corrected chi connectivity index (χ0v) is 16.5. The second kappa shape index (κ2) is 8.16. The van der Waals surface area contributed by atoms with Crippen LogP contribution in [-0.2, 0) is 32.5 Å². The highest BCUT2D eigenvalue weighted by Gasteiger charge is 2.36. The van der Waals surface area contributed by atoms with Gasteiger partial charge in [-0.25, -0.2) is 13.2 Å². The fourth-order valence-corrected chi connectivity index (χ4v) is 5.42. The number of benzene rings is 2. The molecule has 0 fully saturated rings. The number of sulfonamides is 1. The zero-order valence-electron chi connectivity index (χ0n) is 14.1. The van der Waals surface area contributed by atoms with Gasteiger partial charge in [-0.3, -0.25) is 0 Å². The highest BCUT2D eigenvalue weighted by atomic mass is 35.5. The maximum absolute atomic E-state index is 13.3. The summed E-state index contributed by atoms with van der Waals surface area (Å²) in [7, 11) is -3.94. The second-order valence-corrected chi connectivity index (χ2v) is 8.86. The van der Waals surface area contributed by atoms with Gasteiger partial charge in [-0.05, 0) is 35.7 Å². The molecule has 9 heteroatoms. The van der Waals surface area contributed by atoms with Crippen molar-refractivity contribution in [1.82, 2.24) is 4.31 Å². The fourth-order valence-electron chi connectivity index (χ4n) is 3.08. The first-order chi connectivity index (χ1) is 12.8. The molecular weight excluding hydrogens is 413 g/mol. The van der Waals surface area contributed by atoms with Gasteiger partial charge >= 0.3 is 5.97 Å². The first-order valence-corrected chi connectivity index (χ1v) is 10.3. The summed E-state index contributed by atoms with van der Waals surface area (Å²) < 4.78 is 33.0. The Balaban J connectivity index is 1.96. The molecular formula is C18H17Cl2NO5S. The molecule has 0 saturated carbocycles. The quantitative estimate of drug-likeness (QED) is 0.761. The molecule has 0 unspecified atom stereocenters. The van der Waals surface area contributed by atoms with Crippen molar-refractivity contribution in [3.63, 3.8) is 0 Å². The Kier molecular flexibility index (Phi) is 6.08. The third kappa shape index (κ3) is 4.44. The summed E-state index contributed by atoms with van der Waals surface area (Å²) >= 11 is 12.0. The third-order valence-electron chi connectivity index (χ3n) is 4.32. The van der Waals surface area contributed by atoms with Crippen LogP contribution in [0.1, 0.15) is 11.1 Å². The Morgan fingerprint density at radius 2 is 1.89 bits per heavy atom. The van der Waals surface area contributed by atoms with Crippen molar-refractivity contribution in [2.75, 3.05) is 13.2 Å². The Bertz CT molecular complexity index is 964. The molecule has 0 aromatic heterocycles. The van der Waals surface area contributed by atoms with E-state index in [2.05, 4.69) is 0 Å². The van der Waals surface area contributed by atoms with E-state index in [0.717, 1.165) is 11.1 Å². The van der Waals surface area contributed by atoms with E-state index < -0.39 is 28.6 Å². The number of hydrogen-bond donors (Lipinski definition) is 1. The minimum atomic E-state index is -3.94. The molecule has 0 bridgehead atoms. The standard InChI is InChI=1S/C18H17Cl2NO5S/c19-14-5-6-17(16(20)8-14)27(24,25)21-9-13-4-2-1-3-12(13)7-15(21)10-26-11-18(22)23/h1-6,8,15H,7,9-11H2,(H,22,23)/t15-/m0/s1. The lowest BCUT2D eigenvalue weighted by Crippen LogP contribution is -2.46. The average Bonchev–Trinajstić information content (AvgIpc) is 2.60. The molecule has 0 radical (unpaired) electrons. The van der Waals surface area contributed by atoms with Gasteiger partial charge in [0.2, 0.25) is 10.0 Å². The van der Waals surface area contributed by atoms with Crippen molar-refractivity contribution in [2.45, 2.75) is 23.9 Å². The minimum absolute atomic E-state index is 0.0339. The van der Waals surface area contributed by atoms with Crippen molar-refractivity contribution in [1.29, 1.82) is 0 Å². The van der Waals surface area contributed by atoms with Crippen LogP contribution in [0.3, 0.4) is 0 Å². The minimum Gasteiger partial charge on any atom is -0.480 e. The summed E-state index contributed by atoms with van der Waals surface area (Å²) in [4.78, 5) is 10.7. The average molecular weight is 430 g/mol.